The van der Waals surface area contributed by atoms with Crippen LogP contribution in [0.2, 0.25) is 0 Å². The largest absolute Gasteiger partial charge is 0.466 e. The molecule has 0 heterocycles. The molecule has 0 saturated heterocycles. The fourth-order valence-electron chi connectivity index (χ4n) is 6.76. The third kappa shape index (κ3) is 42.2. The maximum atomic E-state index is 12.1. The van der Waals surface area contributed by atoms with Gasteiger partial charge in [0.05, 0.1) is 12.9 Å². The number of rotatable bonds is 44. The number of ether oxygens (including phenoxy) is 3. The molecule has 0 aliphatic heterocycles. The van der Waals surface area contributed by atoms with E-state index in [-0.39, 0.29) is 12.3 Å². The van der Waals surface area contributed by atoms with Crippen molar-refractivity contribution in [1.82, 2.24) is 9.62 Å². The van der Waals surface area contributed by atoms with Gasteiger partial charge in [-0.15, -0.1) is 0 Å². The summed E-state index contributed by atoms with van der Waals surface area (Å²) >= 11 is 0. The molecule has 0 bridgehead atoms. The quantitative estimate of drug-likeness (QED) is 0.0374. The lowest BCUT2D eigenvalue weighted by Gasteiger charge is -2.22. The van der Waals surface area contributed by atoms with Crippen LogP contribution in [0.4, 0.5) is 0 Å². The molecule has 0 fully saturated rings. The van der Waals surface area contributed by atoms with Gasteiger partial charge in [-0.1, -0.05) is 156 Å². The van der Waals surface area contributed by atoms with Crippen LogP contribution in [0.3, 0.4) is 0 Å². The summed E-state index contributed by atoms with van der Waals surface area (Å²) in [5.74, 6) is -0.0400. The molecule has 0 atom stereocenters. The van der Waals surface area contributed by atoms with E-state index in [0.717, 1.165) is 116 Å². The Hall–Kier alpha value is -0.740. The minimum Gasteiger partial charge on any atom is -0.466 e. The van der Waals surface area contributed by atoms with Crippen molar-refractivity contribution in [3.63, 3.8) is 0 Å². The molecule has 0 rings (SSSR count). The van der Waals surface area contributed by atoms with Crippen molar-refractivity contribution in [1.29, 1.82) is 0 Å². The number of carbonyl (C=O) groups is 1. The molecule has 8 nitrogen and oxygen atoms in total. The first kappa shape index (κ1) is 52.3. The van der Waals surface area contributed by atoms with Gasteiger partial charge in [0.2, 0.25) is 10.0 Å². The highest BCUT2D eigenvalue weighted by Gasteiger charge is 2.11. The number of nitrogens with one attached hydrogen (secondary N) is 1. The van der Waals surface area contributed by atoms with Crippen LogP contribution in [-0.2, 0) is 29.0 Å². The normalized spacial score (nSPS) is 12.0. The van der Waals surface area contributed by atoms with E-state index < -0.39 is 10.0 Å². The Morgan fingerprint density at radius 3 is 1.40 bits per heavy atom. The smallest absolute Gasteiger partial charge is 0.305 e. The first-order valence-electron chi connectivity index (χ1n) is 22.9. The molecule has 318 valence electrons. The summed E-state index contributed by atoms with van der Waals surface area (Å²) in [7, 11) is -3.15. The first-order valence-corrected chi connectivity index (χ1v) is 24.8. The maximum Gasteiger partial charge on any atom is 0.305 e. The van der Waals surface area contributed by atoms with Crippen LogP contribution in [0.1, 0.15) is 220 Å². The van der Waals surface area contributed by atoms with Crippen LogP contribution >= 0.6 is 0 Å². The molecule has 0 spiro atoms. The zero-order chi connectivity index (χ0) is 38.9. The van der Waals surface area contributed by atoms with Crippen molar-refractivity contribution in [2.75, 3.05) is 52.3 Å². The molecule has 0 aliphatic carbocycles. The molecule has 0 saturated carbocycles. The molecule has 0 aromatic rings. The lowest BCUT2D eigenvalue weighted by Crippen LogP contribution is -2.31. The van der Waals surface area contributed by atoms with Crippen LogP contribution < -0.4 is 4.72 Å². The first-order chi connectivity index (χ1) is 25.8. The summed E-state index contributed by atoms with van der Waals surface area (Å²) in [6.07, 6.45) is 37.5. The Kier molecular flexibility index (Phi) is 40.3. The van der Waals surface area contributed by atoms with Gasteiger partial charge in [-0.25, -0.2) is 13.1 Å². The zero-order valence-electron chi connectivity index (χ0n) is 35.8. The van der Waals surface area contributed by atoms with Crippen molar-refractivity contribution in [2.45, 2.75) is 226 Å². The molecule has 0 aromatic heterocycles. The third-order valence-electron chi connectivity index (χ3n) is 10.1. The fourth-order valence-corrected chi connectivity index (χ4v) is 7.27. The molecule has 0 unspecified atom stereocenters. The number of hydrogen-bond donors (Lipinski definition) is 1. The monoisotopic (exact) mass is 775 g/mol. The average molecular weight is 775 g/mol. The summed E-state index contributed by atoms with van der Waals surface area (Å²) in [6, 6.07) is 0. The second-order valence-corrected chi connectivity index (χ2v) is 17.5. The van der Waals surface area contributed by atoms with Crippen molar-refractivity contribution in [3.8, 4) is 0 Å². The van der Waals surface area contributed by atoms with Gasteiger partial charge in [0.25, 0.3) is 0 Å². The third-order valence-corrected chi connectivity index (χ3v) is 10.9. The van der Waals surface area contributed by atoms with Crippen LogP contribution in [0.5, 0.6) is 0 Å². The number of unbranched alkanes of at least 4 members (excludes halogenated alkanes) is 23. The van der Waals surface area contributed by atoms with E-state index in [2.05, 4.69) is 30.4 Å². The number of carbonyl (C=O) groups excluding carboxylic acids is 1. The molecular weight excluding hydrogens is 685 g/mol. The zero-order valence-corrected chi connectivity index (χ0v) is 36.6. The van der Waals surface area contributed by atoms with Gasteiger partial charge in [0, 0.05) is 26.2 Å². The van der Waals surface area contributed by atoms with E-state index in [0.29, 0.717) is 19.6 Å². The maximum absolute atomic E-state index is 12.1. The summed E-state index contributed by atoms with van der Waals surface area (Å²) in [5.41, 5.74) is 0. The number of nitrogens with zero attached hydrogens (tertiary/aromatic N) is 1. The van der Waals surface area contributed by atoms with Gasteiger partial charge in [0.1, 0.15) is 0 Å². The van der Waals surface area contributed by atoms with Gasteiger partial charge in [0.15, 0.2) is 6.29 Å². The predicted octanol–water partition coefficient (Wildman–Crippen LogP) is 11.9. The molecular formula is C44H90N2O6S. The standard InChI is InChI=1S/C44H90N2O6S/c1-5-8-11-14-17-25-30-40-50-43(47)34-26-19-18-21-28-37-46(39-33-36-45-53(4,48)49)38-29-22-20-27-35-44(51-41-31-23-15-12-9-6-2)52-42-32-24-16-13-10-7-3/h44-45H,5-42H2,1-4H3. The topological polar surface area (TPSA) is 94.2 Å². The molecule has 0 aliphatic rings. The van der Waals surface area contributed by atoms with E-state index >= 15 is 0 Å². The van der Waals surface area contributed by atoms with Crippen molar-refractivity contribution >= 4 is 16.0 Å². The Balaban J connectivity index is 4.35. The second-order valence-electron chi connectivity index (χ2n) is 15.6. The van der Waals surface area contributed by atoms with E-state index in [4.69, 9.17) is 14.2 Å². The molecule has 1 N–H and O–H groups in total. The highest BCUT2D eigenvalue weighted by molar-refractivity contribution is 7.88. The highest BCUT2D eigenvalue weighted by Crippen LogP contribution is 2.15. The van der Waals surface area contributed by atoms with E-state index in [9.17, 15) is 13.2 Å². The number of esters is 1. The SMILES string of the molecule is CCCCCCCCCOC(=O)CCCCCCCN(CCCCCCC(OCCCCCCCC)OCCCCCCCC)CCCNS(C)(=O)=O. The molecule has 0 aromatic carbocycles. The van der Waals surface area contributed by atoms with Crippen LogP contribution in [0, 0.1) is 0 Å². The second kappa shape index (κ2) is 40.9. The van der Waals surface area contributed by atoms with Crippen LogP contribution in [-0.4, -0.2) is 77.8 Å². The Morgan fingerprint density at radius 2 is 0.906 bits per heavy atom. The molecule has 9 heteroatoms. The number of sulfonamides is 1. The fraction of sp³-hybridized carbons (Fsp3) is 0.977. The molecule has 53 heavy (non-hydrogen) atoms. The molecule has 0 radical (unpaired) electrons. The predicted molar refractivity (Wildman–Crippen MR) is 226 cm³/mol. The van der Waals surface area contributed by atoms with Crippen LogP contribution in [0.25, 0.3) is 0 Å². The summed E-state index contributed by atoms with van der Waals surface area (Å²) in [5, 5.41) is 0. The van der Waals surface area contributed by atoms with Crippen molar-refractivity contribution < 1.29 is 27.4 Å². The minimum atomic E-state index is -3.15. The lowest BCUT2D eigenvalue weighted by molar-refractivity contribution is -0.148. The summed E-state index contributed by atoms with van der Waals surface area (Å²) in [4.78, 5) is 14.6. The van der Waals surface area contributed by atoms with Gasteiger partial charge in [-0.3, -0.25) is 4.79 Å². The number of hydrogen-bond acceptors (Lipinski definition) is 7. The van der Waals surface area contributed by atoms with Gasteiger partial charge in [-0.2, -0.15) is 0 Å². The average Bonchev–Trinajstić information content (AvgIpc) is 3.13. The van der Waals surface area contributed by atoms with E-state index in [1.165, 1.54) is 115 Å². The Bertz CT molecular complexity index is 841. The molecule has 0 amide bonds. The minimum absolute atomic E-state index is 0.0400. The Morgan fingerprint density at radius 1 is 0.509 bits per heavy atom. The Labute approximate surface area is 330 Å². The summed E-state index contributed by atoms with van der Waals surface area (Å²) < 4.78 is 43.6. The lowest BCUT2D eigenvalue weighted by atomic mass is 10.1. The highest BCUT2D eigenvalue weighted by atomic mass is 32.2. The van der Waals surface area contributed by atoms with Crippen molar-refractivity contribution in [2.24, 2.45) is 0 Å². The van der Waals surface area contributed by atoms with E-state index in [1.54, 1.807) is 0 Å². The van der Waals surface area contributed by atoms with Crippen molar-refractivity contribution in [3.05, 3.63) is 0 Å². The summed E-state index contributed by atoms with van der Waals surface area (Å²) in [6.45, 7) is 12.4. The van der Waals surface area contributed by atoms with Gasteiger partial charge >= 0.3 is 5.97 Å². The van der Waals surface area contributed by atoms with Crippen LogP contribution in [0.15, 0.2) is 0 Å². The van der Waals surface area contributed by atoms with E-state index in [1.807, 2.05) is 0 Å². The van der Waals surface area contributed by atoms with Gasteiger partial charge < -0.3 is 19.1 Å². The van der Waals surface area contributed by atoms with Gasteiger partial charge in [-0.05, 0) is 77.4 Å².